The van der Waals surface area contributed by atoms with Crippen molar-refractivity contribution in [2.45, 2.75) is 6.92 Å². The van der Waals surface area contributed by atoms with E-state index in [1.165, 1.54) is 0 Å². The minimum absolute atomic E-state index is 0. The van der Waals surface area contributed by atoms with Gasteiger partial charge in [0.1, 0.15) is 0 Å². The van der Waals surface area contributed by atoms with Crippen LogP contribution in [0.4, 0.5) is 0 Å². The second-order valence-corrected chi connectivity index (χ2v) is 0.519. The van der Waals surface area contributed by atoms with Crippen molar-refractivity contribution in [3.63, 3.8) is 0 Å². The van der Waals surface area contributed by atoms with Crippen LogP contribution in [0.1, 0.15) is 6.92 Å². The van der Waals surface area contributed by atoms with Crippen molar-refractivity contribution >= 4 is 33.3 Å². The summed E-state index contributed by atoms with van der Waals surface area (Å²) >= 11 is 0. The van der Waals surface area contributed by atoms with Gasteiger partial charge in [-0.05, 0) is 0 Å². The third-order valence-corrected chi connectivity index (χ3v) is 0. The van der Waals surface area contributed by atoms with Crippen LogP contribution in [0, 0.1) is 0 Å². The average molecular weight is 286 g/mol. The fourth-order valence-corrected chi connectivity index (χ4v) is 0. The number of aliphatic carboxylic acids is 1. The van der Waals surface area contributed by atoms with Gasteiger partial charge in [0.2, 0.25) is 0 Å². The van der Waals surface area contributed by atoms with Crippen LogP contribution >= 0.6 is 0 Å². The molecule has 4 heteroatoms. The van der Waals surface area contributed by atoms with Crippen molar-refractivity contribution in [3.8, 4) is 0 Å². The molecule has 0 rings (SSSR count). The first kappa shape index (κ1) is 16.2. The molecule has 0 aliphatic carbocycles. The summed E-state index contributed by atoms with van der Waals surface area (Å²) in [7, 11) is 0. The van der Waals surface area contributed by atoms with Crippen molar-refractivity contribution < 1.29 is 9.90 Å². The molecule has 6 heavy (non-hydrogen) atoms. The molecule has 0 amide bonds. The van der Waals surface area contributed by atoms with E-state index in [-0.39, 0.29) is 33.4 Å². The molecule has 0 unspecified atom stereocenters. The second kappa shape index (κ2) is 9.02. The van der Waals surface area contributed by atoms with Crippen molar-refractivity contribution in [1.29, 1.82) is 0 Å². The van der Waals surface area contributed by atoms with Gasteiger partial charge in [-0.25, -0.2) is 0 Å². The molecule has 0 spiro atoms. The molecule has 0 heterocycles. The van der Waals surface area contributed by atoms with Gasteiger partial charge in [-0.3, -0.25) is 4.79 Å². The van der Waals surface area contributed by atoms with E-state index in [1.807, 2.05) is 0 Å². The van der Waals surface area contributed by atoms with Gasteiger partial charge in [-0.1, -0.05) is 0 Å². The zero-order valence-electron chi connectivity index (χ0n) is 3.77. The van der Waals surface area contributed by atoms with Gasteiger partial charge in [0.05, 0.1) is 0 Å². The number of carboxylic acids is 1. The van der Waals surface area contributed by atoms with Gasteiger partial charge in [0, 0.05) is 6.92 Å². The Morgan fingerprint density at radius 2 is 1.67 bits per heavy atom. The summed E-state index contributed by atoms with van der Waals surface area (Å²) in [6.45, 7) is 1.08. The topological polar surface area (TPSA) is 72.3 Å². The predicted octanol–water partition coefficient (Wildman–Crippen LogP) is -0.663. The standard InChI is InChI=1S/C2H4O2.H3N.Pb.2H/c1-2(3)4;;;;/h1H3,(H,3,4);1H3;;;. The number of hydrogen-bond donors (Lipinski definition) is 2. The molecule has 38 valence electrons. The molecule has 0 saturated heterocycles. The average Bonchev–Trinajstić information content (AvgIpc) is 0.811. The molecule has 0 fully saturated rings. The normalized spacial score (nSPS) is 4.17. The van der Waals surface area contributed by atoms with Gasteiger partial charge in [0.15, 0.2) is 0 Å². The second-order valence-electron chi connectivity index (χ2n) is 0.519. The Kier molecular flexibility index (Phi) is 24.3. The van der Waals surface area contributed by atoms with E-state index >= 15 is 0 Å². The van der Waals surface area contributed by atoms with Gasteiger partial charge >= 0.3 is 27.3 Å². The molecule has 0 aliphatic heterocycles. The van der Waals surface area contributed by atoms with E-state index in [2.05, 4.69) is 0 Å². The summed E-state index contributed by atoms with van der Waals surface area (Å²) < 4.78 is 0. The van der Waals surface area contributed by atoms with Crippen molar-refractivity contribution in [3.05, 3.63) is 0 Å². The Morgan fingerprint density at radius 3 is 1.67 bits per heavy atom. The molecule has 3 nitrogen and oxygen atoms in total. The van der Waals surface area contributed by atoms with Gasteiger partial charge < -0.3 is 11.3 Å². The molecular formula is C2H9NO2Pb. The monoisotopic (exact) mass is 287 g/mol. The van der Waals surface area contributed by atoms with Crippen LogP contribution in [0.3, 0.4) is 0 Å². The Bertz CT molecular complexity index is 34.5. The molecular weight excluding hydrogens is 277 g/mol. The molecule has 0 atom stereocenters. The fourth-order valence-electron chi connectivity index (χ4n) is 0. The van der Waals surface area contributed by atoms with Crippen molar-refractivity contribution in [1.82, 2.24) is 6.15 Å². The number of rotatable bonds is 0. The van der Waals surface area contributed by atoms with Gasteiger partial charge in [0.25, 0.3) is 5.97 Å². The third-order valence-electron chi connectivity index (χ3n) is 0. The minimum atomic E-state index is -0.833. The molecule has 0 aliphatic rings. The van der Waals surface area contributed by atoms with Crippen LogP contribution in [-0.2, 0) is 4.79 Å². The van der Waals surface area contributed by atoms with Gasteiger partial charge in [-0.15, -0.1) is 0 Å². The Hall–Kier alpha value is 0.352. The molecule has 0 aromatic carbocycles. The SMILES string of the molecule is CC(=O)O.N.[PbH2]. The van der Waals surface area contributed by atoms with Crippen LogP contribution in [0.15, 0.2) is 0 Å². The summed E-state index contributed by atoms with van der Waals surface area (Å²) in [4.78, 5) is 9.00. The first-order valence-corrected chi connectivity index (χ1v) is 0.928. The van der Waals surface area contributed by atoms with Crippen LogP contribution in [0.25, 0.3) is 0 Å². The molecule has 2 radical (unpaired) electrons. The number of carboxylic acid groups (broad SMARTS) is 1. The molecule has 0 aromatic rings. The van der Waals surface area contributed by atoms with E-state index in [4.69, 9.17) is 9.90 Å². The third kappa shape index (κ3) is 395. The molecule has 0 bridgehead atoms. The summed E-state index contributed by atoms with van der Waals surface area (Å²) in [5.74, 6) is -0.833. The predicted molar refractivity (Wildman–Crippen MR) is 26.9 cm³/mol. The molecule has 4 N–H and O–H groups in total. The van der Waals surface area contributed by atoms with Crippen molar-refractivity contribution in [2.24, 2.45) is 0 Å². The van der Waals surface area contributed by atoms with E-state index in [0.29, 0.717) is 0 Å². The Morgan fingerprint density at radius 1 is 1.67 bits per heavy atom. The number of carbonyl (C=O) groups is 1. The van der Waals surface area contributed by atoms with Crippen LogP contribution in [0.5, 0.6) is 0 Å². The zero-order valence-corrected chi connectivity index (χ0v) is 9.27. The fraction of sp³-hybridized carbons (Fsp3) is 0.500. The maximum atomic E-state index is 9.00. The first-order valence-electron chi connectivity index (χ1n) is 0.928. The van der Waals surface area contributed by atoms with E-state index in [9.17, 15) is 0 Å². The zero-order chi connectivity index (χ0) is 3.58. The van der Waals surface area contributed by atoms with Crippen LogP contribution < -0.4 is 6.15 Å². The van der Waals surface area contributed by atoms with Crippen LogP contribution in [-0.4, -0.2) is 38.4 Å². The first-order chi connectivity index (χ1) is 1.73. The van der Waals surface area contributed by atoms with Gasteiger partial charge in [-0.2, -0.15) is 0 Å². The summed E-state index contributed by atoms with van der Waals surface area (Å²) in [5, 5.41) is 7.42. The summed E-state index contributed by atoms with van der Waals surface area (Å²) in [5.41, 5.74) is 0. The molecule has 0 saturated carbocycles. The number of hydrogen-bond acceptors (Lipinski definition) is 2. The maximum absolute atomic E-state index is 9.00. The van der Waals surface area contributed by atoms with E-state index in [0.717, 1.165) is 6.92 Å². The quantitative estimate of drug-likeness (QED) is 0.581. The van der Waals surface area contributed by atoms with Crippen LogP contribution in [0.2, 0.25) is 0 Å². The molecule has 0 aromatic heterocycles. The summed E-state index contributed by atoms with van der Waals surface area (Å²) in [6, 6.07) is 0. The van der Waals surface area contributed by atoms with E-state index < -0.39 is 5.97 Å². The van der Waals surface area contributed by atoms with Crippen molar-refractivity contribution in [2.75, 3.05) is 0 Å². The van der Waals surface area contributed by atoms with E-state index in [1.54, 1.807) is 0 Å². The summed E-state index contributed by atoms with van der Waals surface area (Å²) in [6.07, 6.45) is 0. The Balaban J connectivity index is -0.0000000450. The Labute approximate surface area is 56.5 Å².